The molecule has 0 fully saturated rings. The lowest BCUT2D eigenvalue weighted by molar-refractivity contribution is -0.137. The number of hydrazone groups is 1. The molecule has 1 aliphatic heterocycles. The molecule has 43 heavy (non-hydrogen) atoms. The topological polar surface area (TPSA) is 203 Å². The Morgan fingerprint density at radius 2 is 1.63 bits per heavy atom. The number of rotatable bonds is 14. The molecule has 228 valence electrons. The van der Waals surface area contributed by atoms with Crippen molar-refractivity contribution in [2.45, 2.75) is 37.5 Å². The Morgan fingerprint density at radius 1 is 0.977 bits per heavy atom. The largest absolute Gasteiger partial charge is 0.480 e. The Kier molecular flexibility index (Phi) is 10.9. The number of hydrogen-bond acceptors (Lipinski definition) is 9. The quantitative estimate of drug-likeness (QED) is 0.0802. The maximum atomic E-state index is 12.8. The number of likely N-dealkylation sites (N-methyl/N-ethyl adjacent to an activating group) is 1. The Hall–Kier alpha value is -4.89. The van der Waals surface area contributed by atoms with E-state index < -0.39 is 38.4 Å². The molecule has 14 nitrogen and oxygen atoms in total. The van der Waals surface area contributed by atoms with E-state index in [2.05, 4.69) is 15.8 Å². The summed E-state index contributed by atoms with van der Waals surface area (Å²) in [4.78, 5) is 61.0. The van der Waals surface area contributed by atoms with Gasteiger partial charge in [-0.05, 0) is 55.7 Å². The molecule has 0 radical (unpaired) electrons. The zero-order valence-corrected chi connectivity index (χ0v) is 24.3. The van der Waals surface area contributed by atoms with Crippen LogP contribution in [0.15, 0.2) is 64.6 Å². The summed E-state index contributed by atoms with van der Waals surface area (Å²) in [6.07, 6.45) is 4.00. The Labute approximate surface area is 247 Å². The first-order valence-electron chi connectivity index (χ1n) is 13.1. The zero-order valence-electron chi connectivity index (χ0n) is 23.4. The molecule has 1 heterocycles. The molecule has 0 aliphatic carbocycles. The van der Waals surface area contributed by atoms with Crippen molar-refractivity contribution in [3.05, 3.63) is 65.7 Å². The molecule has 2 aromatic carbocycles. The van der Waals surface area contributed by atoms with Gasteiger partial charge >= 0.3 is 5.97 Å². The van der Waals surface area contributed by atoms with Crippen molar-refractivity contribution in [2.75, 3.05) is 30.4 Å². The molecule has 1 aliphatic rings. The molecule has 0 bridgehead atoms. The number of carboxylic acid groups (broad SMARTS) is 1. The highest BCUT2D eigenvalue weighted by Gasteiger charge is 2.23. The van der Waals surface area contributed by atoms with E-state index in [4.69, 9.17) is 5.11 Å². The number of amides is 4. The maximum Gasteiger partial charge on any atom is 0.323 e. The number of benzene rings is 2. The summed E-state index contributed by atoms with van der Waals surface area (Å²) in [5.41, 5.74) is 3.52. The van der Waals surface area contributed by atoms with Gasteiger partial charge in [0.25, 0.3) is 27.8 Å². The SMILES string of the molecule is C/C(=N\NC(=O)c1ccc(NC(=O)CCCCCN2C(=O)C=CC2=O)cc1S(=O)(=O)O)c1ccc(N(C)CC(=O)O)cc1. The summed E-state index contributed by atoms with van der Waals surface area (Å²) in [6.45, 7) is 1.66. The van der Waals surface area contributed by atoms with Crippen LogP contribution in [0.25, 0.3) is 0 Å². The third-order valence-electron chi connectivity index (χ3n) is 6.40. The van der Waals surface area contributed by atoms with E-state index in [-0.39, 0.29) is 37.0 Å². The van der Waals surface area contributed by atoms with E-state index in [0.717, 1.165) is 17.0 Å². The first-order valence-corrected chi connectivity index (χ1v) is 14.5. The van der Waals surface area contributed by atoms with E-state index in [0.29, 0.717) is 36.2 Å². The second-order valence-electron chi connectivity index (χ2n) is 9.64. The summed E-state index contributed by atoms with van der Waals surface area (Å²) in [5, 5.41) is 15.4. The molecule has 4 amide bonds. The average Bonchev–Trinajstić information content (AvgIpc) is 3.27. The number of anilines is 2. The molecule has 0 saturated heterocycles. The highest BCUT2D eigenvalue weighted by Crippen LogP contribution is 2.22. The molecule has 3 rings (SSSR count). The summed E-state index contributed by atoms with van der Waals surface area (Å²) in [6, 6.07) is 10.1. The minimum Gasteiger partial charge on any atom is -0.480 e. The van der Waals surface area contributed by atoms with Gasteiger partial charge in [0, 0.05) is 43.5 Å². The Bertz CT molecular complexity index is 1570. The zero-order chi connectivity index (χ0) is 31.7. The molecular formula is C28H31N5O9S. The first kappa shape index (κ1) is 32.6. The van der Waals surface area contributed by atoms with E-state index in [1.807, 2.05) is 0 Å². The summed E-state index contributed by atoms with van der Waals surface area (Å²) in [5.74, 6) is -3.08. The summed E-state index contributed by atoms with van der Waals surface area (Å²) in [7, 11) is -3.24. The third-order valence-corrected chi connectivity index (χ3v) is 7.29. The van der Waals surface area contributed by atoms with Gasteiger partial charge in [-0.1, -0.05) is 18.6 Å². The number of carboxylic acids is 1. The minimum atomic E-state index is -4.86. The van der Waals surface area contributed by atoms with Gasteiger partial charge in [0.2, 0.25) is 5.91 Å². The van der Waals surface area contributed by atoms with Gasteiger partial charge in [-0.15, -0.1) is 0 Å². The van der Waals surface area contributed by atoms with E-state index in [1.165, 1.54) is 23.1 Å². The number of hydrogen-bond donors (Lipinski definition) is 4. The molecule has 0 aromatic heterocycles. The van der Waals surface area contributed by atoms with Gasteiger partial charge in [-0.2, -0.15) is 13.5 Å². The van der Waals surface area contributed by atoms with Crippen LogP contribution in [0.2, 0.25) is 0 Å². The predicted molar refractivity (Wildman–Crippen MR) is 156 cm³/mol. The number of unbranched alkanes of at least 4 members (excludes halogenated alkanes) is 2. The number of nitrogens with zero attached hydrogens (tertiary/aromatic N) is 3. The van der Waals surface area contributed by atoms with Crippen LogP contribution in [0.1, 0.15) is 48.5 Å². The predicted octanol–water partition coefficient (Wildman–Crippen LogP) is 2.03. The summed E-state index contributed by atoms with van der Waals surface area (Å²) < 4.78 is 33.8. The normalized spacial score (nSPS) is 13.3. The highest BCUT2D eigenvalue weighted by molar-refractivity contribution is 7.86. The fraction of sp³-hybridized carbons (Fsp3) is 0.286. The first-order chi connectivity index (χ1) is 20.3. The number of aliphatic carboxylic acids is 1. The Morgan fingerprint density at radius 3 is 2.23 bits per heavy atom. The average molecular weight is 614 g/mol. The lowest BCUT2D eigenvalue weighted by Gasteiger charge is -2.16. The third kappa shape index (κ3) is 9.31. The van der Waals surface area contributed by atoms with Crippen LogP contribution >= 0.6 is 0 Å². The van der Waals surface area contributed by atoms with E-state index in [9.17, 15) is 36.9 Å². The molecule has 0 spiro atoms. The fourth-order valence-electron chi connectivity index (χ4n) is 4.12. The molecular weight excluding hydrogens is 582 g/mol. The van der Waals surface area contributed by atoms with Crippen LogP contribution in [0.3, 0.4) is 0 Å². The van der Waals surface area contributed by atoms with Crippen molar-refractivity contribution in [3.8, 4) is 0 Å². The lowest BCUT2D eigenvalue weighted by Crippen LogP contribution is -2.30. The molecule has 0 unspecified atom stereocenters. The smallest absolute Gasteiger partial charge is 0.323 e. The van der Waals surface area contributed by atoms with Gasteiger partial charge in [0.15, 0.2) is 0 Å². The molecule has 15 heteroatoms. The second kappa shape index (κ2) is 14.3. The van der Waals surface area contributed by atoms with Crippen LogP contribution in [0, 0.1) is 0 Å². The van der Waals surface area contributed by atoms with Gasteiger partial charge in [0.05, 0.1) is 11.3 Å². The number of nitrogens with one attached hydrogen (secondary N) is 2. The van der Waals surface area contributed by atoms with Gasteiger partial charge < -0.3 is 15.3 Å². The molecule has 0 atom stereocenters. The van der Waals surface area contributed by atoms with Crippen LogP contribution < -0.4 is 15.6 Å². The van der Waals surface area contributed by atoms with Crippen molar-refractivity contribution in [2.24, 2.45) is 5.10 Å². The maximum absolute atomic E-state index is 12.8. The van der Waals surface area contributed by atoms with Crippen molar-refractivity contribution >= 4 is 56.8 Å². The standard InChI is InChI=1S/C28H31N5O9S/c1-18(19-7-10-21(11-8-19)32(2)17-27(37)38)30-31-28(39)22-12-9-20(16-23(22)43(40,41)42)29-24(34)6-4-3-5-15-33-25(35)13-14-26(33)36/h7-14,16H,3-6,15,17H2,1-2H3,(H,29,34)(H,31,39)(H,37,38)(H,40,41,42)/b30-18+. The molecule has 2 aromatic rings. The second-order valence-corrected chi connectivity index (χ2v) is 11.0. The lowest BCUT2D eigenvalue weighted by atomic mass is 10.1. The van der Waals surface area contributed by atoms with Gasteiger partial charge in [-0.25, -0.2) is 5.43 Å². The van der Waals surface area contributed by atoms with Gasteiger partial charge in [-0.3, -0.25) is 33.4 Å². The minimum absolute atomic E-state index is 0.0427. The van der Waals surface area contributed by atoms with Crippen molar-refractivity contribution in [1.82, 2.24) is 10.3 Å². The van der Waals surface area contributed by atoms with Crippen LogP contribution in [-0.4, -0.2) is 78.4 Å². The van der Waals surface area contributed by atoms with E-state index >= 15 is 0 Å². The van der Waals surface area contributed by atoms with E-state index in [1.54, 1.807) is 38.2 Å². The fourth-order valence-corrected chi connectivity index (χ4v) is 4.83. The molecule has 0 saturated carbocycles. The highest BCUT2D eigenvalue weighted by atomic mass is 32.2. The number of carbonyl (C=O) groups is 5. The Balaban J connectivity index is 1.58. The van der Waals surface area contributed by atoms with Crippen LogP contribution in [-0.2, 0) is 29.3 Å². The molecule has 4 N–H and O–H groups in total. The van der Waals surface area contributed by atoms with Crippen molar-refractivity contribution < 1.29 is 42.0 Å². The number of imide groups is 1. The number of carbonyl (C=O) groups excluding carboxylic acids is 4. The monoisotopic (exact) mass is 613 g/mol. The summed E-state index contributed by atoms with van der Waals surface area (Å²) >= 11 is 0. The van der Waals surface area contributed by atoms with Crippen molar-refractivity contribution in [3.63, 3.8) is 0 Å². The van der Waals surface area contributed by atoms with Crippen LogP contribution in [0.4, 0.5) is 11.4 Å². The van der Waals surface area contributed by atoms with Crippen LogP contribution in [0.5, 0.6) is 0 Å². The van der Waals surface area contributed by atoms with Crippen molar-refractivity contribution in [1.29, 1.82) is 0 Å². The van der Waals surface area contributed by atoms with Gasteiger partial charge in [0.1, 0.15) is 11.4 Å².